The van der Waals surface area contributed by atoms with Gasteiger partial charge in [0.05, 0.1) is 12.8 Å². The Morgan fingerprint density at radius 3 is 2.82 bits per heavy atom. The molecule has 1 aromatic carbocycles. The number of nitrogens with one attached hydrogen (secondary N) is 2. The van der Waals surface area contributed by atoms with Crippen molar-refractivity contribution >= 4 is 28.1 Å². The molecule has 0 saturated carbocycles. The van der Waals surface area contributed by atoms with E-state index >= 15 is 0 Å². The highest BCUT2D eigenvalue weighted by Gasteiger charge is 2.05. The van der Waals surface area contributed by atoms with Crippen molar-refractivity contribution in [2.24, 2.45) is 5.10 Å². The summed E-state index contributed by atoms with van der Waals surface area (Å²) in [6.45, 7) is 2.86. The fraction of sp³-hybridized carbons (Fsp3) is 0.250. The van der Waals surface area contributed by atoms with E-state index in [2.05, 4.69) is 38.4 Å². The summed E-state index contributed by atoms with van der Waals surface area (Å²) in [7, 11) is 0. The number of carbonyl (C=O) groups is 1. The molecule has 22 heavy (non-hydrogen) atoms. The minimum absolute atomic E-state index is 0.290. The molecular formula is C16H18BrN3O2. The molecule has 5 nitrogen and oxygen atoms in total. The van der Waals surface area contributed by atoms with Gasteiger partial charge in [-0.1, -0.05) is 13.3 Å². The first kappa shape index (κ1) is 16.3. The van der Waals surface area contributed by atoms with Crippen molar-refractivity contribution in [2.45, 2.75) is 19.8 Å². The Balaban J connectivity index is 1.84. The van der Waals surface area contributed by atoms with Crippen LogP contribution in [0.2, 0.25) is 0 Å². The fourth-order valence-corrected chi connectivity index (χ4v) is 2.05. The summed E-state index contributed by atoms with van der Waals surface area (Å²) in [5.74, 6) is 0.548. The zero-order chi connectivity index (χ0) is 15.8. The summed E-state index contributed by atoms with van der Waals surface area (Å²) in [5.41, 5.74) is 3.80. The second-order valence-electron chi connectivity index (χ2n) is 4.70. The van der Waals surface area contributed by atoms with Crippen LogP contribution in [0.4, 0.5) is 0 Å². The molecule has 0 radical (unpaired) electrons. The monoisotopic (exact) mass is 363 g/mol. The van der Waals surface area contributed by atoms with Crippen molar-refractivity contribution in [2.75, 3.05) is 6.61 Å². The Morgan fingerprint density at radius 1 is 1.41 bits per heavy atom. The lowest BCUT2D eigenvalue weighted by Crippen LogP contribution is -2.17. The van der Waals surface area contributed by atoms with Crippen molar-refractivity contribution in [1.29, 1.82) is 0 Å². The van der Waals surface area contributed by atoms with Crippen LogP contribution in [-0.2, 0) is 0 Å². The minimum Gasteiger partial charge on any atom is -0.494 e. The van der Waals surface area contributed by atoms with E-state index in [0.717, 1.165) is 35.2 Å². The number of aromatic nitrogens is 1. The predicted molar refractivity (Wildman–Crippen MR) is 90.4 cm³/mol. The lowest BCUT2D eigenvalue weighted by Gasteiger charge is -2.04. The van der Waals surface area contributed by atoms with Crippen molar-refractivity contribution < 1.29 is 9.53 Å². The lowest BCUT2D eigenvalue weighted by atomic mass is 10.2. The Kier molecular flexibility index (Phi) is 6.21. The number of amides is 1. The molecule has 0 spiro atoms. The molecule has 1 aromatic heterocycles. The predicted octanol–water partition coefficient (Wildman–Crippen LogP) is 3.72. The molecule has 0 aliphatic carbocycles. The van der Waals surface area contributed by atoms with Crippen molar-refractivity contribution in [3.63, 3.8) is 0 Å². The summed E-state index contributed by atoms with van der Waals surface area (Å²) < 4.78 is 6.40. The number of hydrogen-bond acceptors (Lipinski definition) is 3. The maximum absolute atomic E-state index is 11.8. The molecule has 0 bridgehead atoms. The highest BCUT2D eigenvalue weighted by Crippen LogP contribution is 2.12. The van der Waals surface area contributed by atoms with Crippen LogP contribution in [0.1, 0.15) is 35.8 Å². The minimum atomic E-state index is -0.290. The van der Waals surface area contributed by atoms with E-state index in [0.29, 0.717) is 5.69 Å². The number of halogens is 1. The van der Waals surface area contributed by atoms with Gasteiger partial charge in [0.1, 0.15) is 11.4 Å². The molecule has 0 aliphatic heterocycles. The average Bonchev–Trinajstić information content (AvgIpc) is 2.96. The van der Waals surface area contributed by atoms with Crippen LogP contribution >= 0.6 is 15.9 Å². The number of nitrogens with zero attached hydrogens (tertiary/aromatic N) is 1. The molecule has 1 heterocycles. The zero-order valence-electron chi connectivity index (χ0n) is 12.3. The summed E-state index contributed by atoms with van der Waals surface area (Å²) in [6, 6.07) is 9.25. The molecule has 6 heteroatoms. The maximum atomic E-state index is 11.8. The number of rotatable bonds is 7. The van der Waals surface area contributed by atoms with Crippen LogP contribution in [0.15, 0.2) is 46.1 Å². The van der Waals surface area contributed by atoms with Gasteiger partial charge < -0.3 is 9.72 Å². The summed E-state index contributed by atoms with van der Waals surface area (Å²) in [5, 5.41) is 3.93. The number of hydrazone groups is 1. The Bertz CT molecular complexity index is 635. The van der Waals surface area contributed by atoms with Gasteiger partial charge in [-0.15, -0.1) is 0 Å². The first-order chi connectivity index (χ1) is 10.7. The van der Waals surface area contributed by atoms with Gasteiger partial charge in [0.2, 0.25) is 0 Å². The number of unbranched alkanes of at least 4 members (excludes halogenated alkanes) is 1. The van der Waals surface area contributed by atoms with E-state index in [9.17, 15) is 4.79 Å². The molecular weight excluding hydrogens is 346 g/mol. The molecule has 2 N–H and O–H groups in total. The third-order valence-corrected chi connectivity index (χ3v) is 3.38. The van der Waals surface area contributed by atoms with E-state index < -0.39 is 0 Å². The third kappa shape index (κ3) is 5.04. The Hall–Kier alpha value is -2.08. The first-order valence-corrected chi connectivity index (χ1v) is 7.88. The second-order valence-corrected chi connectivity index (χ2v) is 5.62. The van der Waals surface area contributed by atoms with E-state index in [-0.39, 0.29) is 5.91 Å². The highest BCUT2D eigenvalue weighted by atomic mass is 79.9. The molecule has 0 aliphatic rings. The fourth-order valence-electron chi connectivity index (χ4n) is 1.71. The average molecular weight is 364 g/mol. The molecule has 116 valence electrons. The van der Waals surface area contributed by atoms with Gasteiger partial charge in [-0.3, -0.25) is 4.79 Å². The Labute approximate surface area is 137 Å². The second kappa shape index (κ2) is 8.38. The largest absolute Gasteiger partial charge is 0.494 e. The normalized spacial score (nSPS) is 10.8. The standard InChI is InChI=1S/C16H18BrN3O2/c1-2-3-8-22-14-6-4-12(5-7-14)10-19-20-16(21)15-9-13(17)11-18-15/h4-7,9-11,18H,2-3,8H2,1H3,(H,20,21)/b19-10-. The Morgan fingerprint density at radius 2 is 2.18 bits per heavy atom. The van der Waals surface area contributed by atoms with Crippen molar-refractivity contribution in [3.05, 3.63) is 52.3 Å². The van der Waals surface area contributed by atoms with Crippen LogP contribution in [0.25, 0.3) is 0 Å². The number of carbonyl (C=O) groups excluding carboxylic acids is 1. The highest BCUT2D eigenvalue weighted by molar-refractivity contribution is 9.10. The number of hydrogen-bond donors (Lipinski definition) is 2. The van der Waals surface area contributed by atoms with Crippen molar-refractivity contribution in [1.82, 2.24) is 10.4 Å². The van der Waals surface area contributed by atoms with Gasteiger partial charge >= 0.3 is 0 Å². The molecule has 2 aromatic rings. The van der Waals surface area contributed by atoms with Crippen LogP contribution in [-0.4, -0.2) is 23.7 Å². The zero-order valence-corrected chi connectivity index (χ0v) is 13.9. The van der Waals surface area contributed by atoms with E-state index in [1.165, 1.54) is 0 Å². The van der Waals surface area contributed by atoms with Gasteiger partial charge in [0.25, 0.3) is 5.91 Å². The van der Waals surface area contributed by atoms with Crippen LogP contribution in [0.5, 0.6) is 5.75 Å². The molecule has 0 fully saturated rings. The van der Waals surface area contributed by atoms with Crippen LogP contribution in [0.3, 0.4) is 0 Å². The SMILES string of the molecule is CCCCOc1ccc(/C=N\NC(=O)c2cc(Br)c[nH]2)cc1. The van der Waals surface area contributed by atoms with E-state index in [1.54, 1.807) is 18.5 Å². The van der Waals surface area contributed by atoms with Crippen molar-refractivity contribution in [3.8, 4) is 5.75 Å². The third-order valence-electron chi connectivity index (χ3n) is 2.92. The van der Waals surface area contributed by atoms with E-state index in [1.807, 2.05) is 24.3 Å². The van der Waals surface area contributed by atoms with Gasteiger partial charge in [0.15, 0.2) is 0 Å². The van der Waals surface area contributed by atoms with Crippen LogP contribution < -0.4 is 10.2 Å². The molecule has 0 atom stereocenters. The van der Waals surface area contributed by atoms with Gasteiger partial charge in [-0.2, -0.15) is 5.10 Å². The van der Waals surface area contributed by atoms with Crippen LogP contribution in [0, 0.1) is 0 Å². The topological polar surface area (TPSA) is 66.5 Å². The van der Waals surface area contributed by atoms with E-state index in [4.69, 9.17) is 4.74 Å². The number of ether oxygens (including phenoxy) is 1. The molecule has 1 amide bonds. The van der Waals surface area contributed by atoms with Gasteiger partial charge in [-0.25, -0.2) is 5.43 Å². The number of H-pyrrole nitrogens is 1. The summed E-state index contributed by atoms with van der Waals surface area (Å²) >= 11 is 3.27. The number of benzene rings is 1. The smallest absolute Gasteiger partial charge is 0.287 e. The molecule has 2 rings (SSSR count). The lowest BCUT2D eigenvalue weighted by molar-refractivity contribution is 0.0951. The van der Waals surface area contributed by atoms with Gasteiger partial charge in [-0.05, 0) is 58.2 Å². The summed E-state index contributed by atoms with van der Waals surface area (Å²) in [6.07, 6.45) is 5.44. The first-order valence-electron chi connectivity index (χ1n) is 7.09. The quantitative estimate of drug-likeness (QED) is 0.447. The number of aromatic amines is 1. The van der Waals surface area contributed by atoms with Gasteiger partial charge in [0, 0.05) is 10.7 Å². The molecule has 0 unspecified atom stereocenters. The molecule has 0 saturated heterocycles. The summed E-state index contributed by atoms with van der Waals surface area (Å²) in [4.78, 5) is 14.6. The maximum Gasteiger partial charge on any atom is 0.287 e.